The first-order valence-corrected chi connectivity index (χ1v) is 8.79. The van der Waals surface area contributed by atoms with Crippen LogP contribution in [-0.2, 0) is 4.79 Å². The molecule has 1 aromatic carbocycles. The molecule has 0 aliphatic rings. The third-order valence-corrected chi connectivity index (χ3v) is 4.15. The average Bonchev–Trinajstić information content (AvgIpc) is 2.52. The Kier molecular flexibility index (Phi) is 6.49. The quantitative estimate of drug-likeness (QED) is 0.378. The van der Waals surface area contributed by atoms with Gasteiger partial charge in [0.15, 0.2) is 5.16 Å². The van der Waals surface area contributed by atoms with Gasteiger partial charge in [-0.3, -0.25) is 4.79 Å². The zero-order valence-corrected chi connectivity index (χ0v) is 15.2. The fraction of sp³-hybridized carbons (Fsp3) is 0.333. The van der Waals surface area contributed by atoms with E-state index in [1.54, 1.807) is 6.21 Å². The minimum atomic E-state index is -0.183. The van der Waals surface area contributed by atoms with Crippen LogP contribution in [0.25, 0.3) is 0 Å². The summed E-state index contributed by atoms with van der Waals surface area (Å²) in [5.41, 5.74) is 6.54. The number of thioether (sulfide) groups is 1. The average molecular weight is 342 g/mol. The van der Waals surface area contributed by atoms with Gasteiger partial charge in [0.05, 0.1) is 12.0 Å². The maximum atomic E-state index is 11.8. The number of carbonyl (C=O) groups excluding carboxylic acids is 1. The molecule has 2 aromatic rings. The highest BCUT2D eigenvalue weighted by atomic mass is 32.2. The van der Waals surface area contributed by atoms with Crippen LogP contribution in [0.3, 0.4) is 0 Å². The van der Waals surface area contributed by atoms with Crippen molar-refractivity contribution in [2.24, 2.45) is 5.10 Å². The summed E-state index contributed by atoms with van der Waals surface area (Å²) in [4.78, 5) is 20.4. The molecule has 2 rings (SSSR count). The van der Waals surface area contributed by atoms with Crippen molar-refractivity contribution in [3.63, 3.8) is 0 Å². The lowest BCUT2D eigenvalue weighted by atomic mass is 10.0. The molecule has 1 aromatic heterocycles. The highest BCUT2D eigenvalue weighted by Gasteiger charge is 2.05. The largest absolute Gasteiger partial charge is 0.272 e. The number of aromatic nitrogens is 2. The zero-order valence-electron chi connectivity index (χ0n) is 14.4. The summed E-state index contributed by atoms with van der Waals surface area (Å²) in [6, 6.07) is 10.0. The standard InChI is InChI=1S/C18H22N4OS/c1-12(2)16-7-5-15(6-8-16)10-19-22-17(23)11-24-18-20-13(3)9-14(4)21-18/h5-10,12H,11H2,1-4H3,(H,22,23)/b19-10-. The summed E-state index contributed by atoms with van der Waals surface area (Å²) >= 11 is 1.30. The Hall–Kier alpha value is -2.21. The molecular weight excluding hydrogens is 320 g/mol. The van der Waals surface area contributed by atoms with Crippen LogP contribution in [0.15, 0.2) is 40.6 Å². The van der Waals surface area contributed by atoms with Crippen LogP contribution in [0.4, 0.5) is 0 Å². The topological polar surface area (TPSA) is 67.2 Å². The second-order valence-corrected chi connectivity index (χ2v) is 6.78. The molecule has 0 saturated heterocycles. The second kappa shape index (κ2) is 8.59. The first-order chi connectivity index (χ1) is 11.4. The molecular formula is C18H22N4OS. The number of hydrogen-bond acceptors (Lipinski definition) is 5. The van der Waals surface area contributed by atoms with E-state index >= 15 is 0 Å². The van der Waals surface area contributed by atoms with Crippen molar-refractivity contribution >= 4 is 23.9 Å². The van der Waals surface area contributed by atoms with Crippen LogP contribution < -0.4 is 5.43 Å². The Balaban J connectivity index is 1.82. The molecule has 0 saturated carbocycles. The molecule has 0 atom stereocenters. The van der Waals surface area contributed by atoms with Gasteiger partial charge in [0.25, 0.3) is 5.91 Å². The lowest BCUT2D eigenvalue weighted by molar-refractivity contribution is -0.118. The van der Waals surface area contributed by atoms with Crippen LogP contribution in [0, 0.1) is 13.8 Å². The Morgan fingerprint density at radius 3 is 2.42 bits per heavy atom. The maximum absolute atomic E-state index is 11.8. The van der Waals surface area contributed by atoms with Gasteiger partial charge in [0, 0.05) is 11.4 Å². The number of rotatable bonds is 6. The normalized spacial score (nSPS) is 11.2. The minimum absolute atomic E-state index is 0.183. The number of amides is 1. The highest BCUT2D eigenvalue weighted by molar-refractivity contribution is 7.99. The zero-order chi connectivity index (χ0) is 17.5. The van der Waals surface area contributed by atoms with Gasteiger partial charge in [-0.15, -0.1) is 0 Å². The number of hydrazone groups is 1. The lowest BCUT2D eigenvalue weighted by Crippen LogP contribution is -2.19. The number of benzene rings is 1. The van der Waals surface area contributed by atoms with Gasteiger partial charge < -0.3 is 0 Å². The second-order valence-electron chi connectivity index (χ2n) is 5.84. The Morgan fingerprint density at radius 2 is 1.83 bits per heavy atom. The monoisotopic (exact) mass is 342 g/mol. The van der Waals surface area contributed by atoms with Crippen molar-refractivity contribution < 1.29 is 4.79 Å². The molecule has 5 nitrogen and oxygen atoms in total. The van der Waals surface area contributed by atoms with E-state index in [4.69, 9.17) is 0 Å². The van der Waals surface area contributed by atoms with E-state index in [2.05, 4.69) is 46.5 Å². The number of aryl methyl sites for hydroxylation is 2. The number of carbonyl (C=O) groups is 1. The van der Waals surface area contributed by atoms with Gasteiger partial charge in [-0.25, -0.2) is 15.4 Å². The van der Waals surface area contributed by atoms with Gasteiger partial charge in [-0.1, -0.05) is 49.9 Å². The Labute approximate surface area is 147 Å². The first-order valence-electron chi connectivity index (χ1n) is 7.81. The molecule has 1 heterocycles. The number of nitrogens with one attached hydrogen (secondary N) is 1. The molecule has 126 valence electrons. The Bertz CT molecular complexity index is 706. The summed E-state index contributed by atoms with van der Waals surface area (Å²) in [6.45, 7) is 8.13. The van der Waals surface area contributed by atoms with E-state index in [0.717, 1.165) is 17.0 Å². The number of hydrogen-bond donors (Lipinski definition) is 1. The molecule has 0 aliphatic heterocycles. The van der Waals surface area contributed by atoms with Gasteiger partial charge >= 0.3 is 0 Å². The highest BCUT2D eigenvalue weighted by Crippen LogP contribution is 2.14. The van der Waals surface area contributed by atoms with Crippen LogP contribution in [-0.4, -0.2) is 27.8 Å². The van der Waals surface area contributed by atoms with E-state index < -0.39 is 0 Å². The van der Waals surface area contributed by atoms with Crippen LogP contribution in [0.5, 0.6) is 0 Å². The van der Waals surface area contributed by atoms with Crippen LogP contribution in [0.2, 0.25) is 0 Å². The predicted molar refractivity (Wildman–Crippen MR) is 98.5 cm³/mol. The lowest BCUT2D eigenvalue weighted by Gasteiger charge is -2.04. The predicted octanol–water partition coefficient (Wildman–Crippen LogP) is 3.46. The van der Waals surface area contributed by atoms with Gasteiger partial charge in [0.2, 0.25) is 0 Å². The van der Waals surface area contributed by atoms with Crippen molar-refractivity contribution in [3.8, 4) is 0 Å². The molecule has 6 heteroatoms. The van der Waals surface area contributed by atoms with Crippen LogP contribution >= 0.6 is 11.8 Å². The van der Waals surface area contributed by atoms with Crippen molar-refractivity contribution in [3.05, 3.63) is 52.8 Å². The fourth-order valence-corrected chi connectivity index (χ4v) is 2.81. The molecule has 0 aliphatic carbocycles. The van der Waals surface area contributed by atoms with E-state index in [9.17, 15) is 4.79 Å². The SMILES string of the molecule is Cc1cc(C)nc(SCC(=O)N/N=C\c2ccc(C(C)C)cc2)n1. The first kappa shape index (κ1) is 18.1. The fourth-order valence-electron chi connectivity index (χ4n) is 2.07. The molecule has 1 N–H and O–H groups in total. The molecule has 24 heavy (non-hydrogen) atoms. The molecule has 0 fully saturated rings. The van der Waals surface area contributed by atoms with E-state index in [-0.39, 0.29) is 11.7 Å². The van der Waals surface area contributed by atoms with Gasteiger partial charge in [-0.2, -0.15) is 5.10 Å². The molecule has 0 spiro atoms. The van der Waals surface area contributed by atoms with Gasteiger partial charge in [-0.05, 0) is 37.0 Å². The molecule has 1 amide bonds. The summed E-state index contributed by atoms with van der Waals surface area (Å²) in [5.74, 6) is 0.546. The summed E-state index contributed by atoms with van der Waals surface area (Å²) < 4.78 is 0. The third kappa shape index (κ3) is 5.77. The summed E-state index contributed by atoms with van der Waals surface area (Å²) in [6.07, 6.45) is 1.64. The molecule has 0 radical (unpaired) electrons. The van der Waals surface area contributed by atoms with Crippen molar-refractivity contribution in [2.75, 3.05) is 5.75 Å². The summed E-state index contributed by atoms with van der Waals surface area (Å²) in [5, 5.41) is 4.59. The Morgan fingerprint density at radius 1 is 1.21 bits per heavy atom. The smallest absolute Gasteiger partial charge is 0.250 e. The van der Waals surface area contributed by atoms with Crippen LogP contribution in [0.1, 0.15) is 42.3 Å². The molecule has 0 bridgehead atoms. The third-order valence-electron chi connectivity index (χ3n) is 3.30. The summed E-state index contributed by atoms with van der Waals surface area (Å²) in [7, 11) is 0. The van der Waals surface area contributed by atoms with E-state index in [1.165, 1.54) is 17.3 Å². The number of nitrogens with zero attached hydrogens (tertiary/aromatic N) is 3. The molecule has 0 unspecified atom stereocenters. The van der Waals surface area contributed by atoms with Gasteiger partial charge in [0.1, 0.15) is 0 Å². The minimum Gasteiger partial charge on any atom is -0.272 e. The van der Waals surface area contributed by atoms with Crippen molar-refractivity contribution in [2.45, 2.75) is 38.8 Å². The van der Waals surface area contributed by atoms with E-state index in [1.807, 2.05) is 32.0 Å². The van der Waals surface area contributed by atoms with E-state index in [0.29, 0.717) is 11.1 Å². The van der Waals surface area contributed by atoms with Crippen molar-refractivity contribution in [1.82, 2.24) is 15.4 Å². The van der Waals surface area contributed by atoms with Crippen molar-refractivity contribution in [1.29, 1.82) is 0 Å². The maximum Gasteiger partial charge on any atom is 0.250 e.